The number of nitrogens with one attached hydrogen (secondary N) is 1. The van der Waals surface area contributed by atoms with E-state index in [1.807, 2.05) is 24.5 Å². The second kappa shape index (κ2) is 8.01. The molecule has 0 aliphatic rings. The van der Waals surface area contributed by atoms with E-state index in [1.54, 1.807) is 0 Å². The van der Waals surface area contributed by atoms with E-state index >= 15 is 0 Å². The molecule has 0 saturated carbocycles. The largest absolute Gasteiger partial charge is 0.366 e. The molecule has 0 radical (unpaired) electrons. The summed E-state index contributed by atoms with van der Waals surface area (Å²) >= 11 is 6.47. The molecule has 0 saturated heterocycles. The first-order valence-corrected chi connectivity index (χ1v) is 7.75. The maximum atomic E-state index is 6.47. The number of halogens is 1. The number of hydrogen-bond donors (Lipinski definition) is 1. The van der Waals surface area contributed by atoms with Crippen LogP contribution >= 0.6 is 11.6 Å². The molecule has 1 heterocycles. The fraction of sp³-hybridized carbons (Fsp3) is 0.353. The van der Waals surface area contributed by atoms with Crippen LogP contribution in [0, 0.1) is 0 Å². The Hall–Kier alpha value is -1.58. The topological polar surface area (TPSA) is 28.2 Å². The van der Waals surface area contributed by atoms with Crippen LogP contribution in [0.1, 0.15) is 25.0 Å². The zero-order valence-electron chi connectivity index (χ0n) is 12.6. The van der Waals surface area contributed by atoms with Gasteiger partial charge in [0.15, 0.2) is 0 Å². The van der Waals surface area contributed by atoms with E-state index in [2.05, 4.69) is 47.2 Å². The predicted octanol–water partition coefficient (Wildman–Crippen LogP) is 3.87. The molecule has 2 aromatic rings. The summed E-state index contributed by atoms with van der Waals surface area (Å²) in [5.41, 5.74) is 3.53. The number of benzene rings is 1. The molecule has 4 heteroatoms. The summed E-state index contributed by atoms with van der Waals surface area (Å²) in [5.74, 6) is 0. The van der Waals surface area contributed by atoms with Gasteiger partial charge >= 0.3 is 0 Å². The van der Waals surface area contributed by atoms with Gasteiger partial charge in [-0.15, -0.1) is 0 Å². The minimum Gasteiger partial charge on any atom is -0.366 e. The van der Waals surface area contributed by atoms with Crippen molar-refractivity contribution in [3.63, 3.8) is 0 Å². The molecular formula is C17H22ClN3. The molecule has 1 aromatic carbocycles. The Kier molecular flexibility index (Phi) is 6.03. The average Bonchev–Trinajstić information content (AvgIpc) is 2.52. The highest BCUT2D eigenvalue weighted by molar-refractivity contribution is 6.33. The molecule has 0 fully saturated rings. The van der Waals surface area contributed by atoms with Crippen LogP contribution in [0.2, 0.25) is 5.02 Å². The molecule has 0 amide bonds. The summed E-state index contributed by atoms with van der Waals surface area (Å²) < 4.78 is 0. The van der Waals surface area contributed by atoms with Crippen LogP contribution < -0.4 is 10.2 Å². The number of aromatic nitrogens is 1. The quantitative estimate of drug-likeness (QED) is 0.841. The van der Waals surface area contributed by atoms with Crippen molar-refractivity contribution in [2.45, 2.75) is 26.9 Å². The van der Waals surface area contributed by atoms with Crippen LogP contribution in [0.5, 0.6) is 0 Å². The van der Waals surface area contributed by atoms with Gasteiger partial charge in [0.25, 0.3) is 0 Å². The fourth-order valence-corrected chi connectivity index (χ4v) is 2.58. The highest BCUT2D eigenvalue weighted by Gasteiger charge is 2.10. The Labute approximate surface area is 132 Å². The third-order valence-electron chi connectivity index (χ3n) is 3.44. The summed E-state index contributed by atoms with van der Waals surface area (Å²) in [7, 11) is 0. The zero-order chi connectivity index (χ0) is 15.1. The summed E-state index contributed by atoms with van der Waals surface area (Å²) in [6, 6.07) is 10.4. The van der Waals surface area contributed by atoms with E-state index in [9.17, 15) is 0 Å². The Morgan fingerprint density at radius 1 is 1.10 bits per heavy atom. The van der Waals surface area contributed by atoms with E-state index in [-0.39, 0.29) is 0 Å². The van der Waals surface area contributed by atoms with Crippen molar-refractivity contribution >= 4 is 17.3 Å². The van der Waals surface area contributed by atoms with E-state index < -0.39 is 0 Å². The Morgan fingerprint density at radius 3 is 2.48 bits per heavy atom. The highest BCUT2D eigenvalue weighted by atomic mass is 35.5. The molecule has 21 heavy (non-hydrogen) atoms. The summed E-state index contributed by atoms with van der Waals surface area (Å²) in [5, 5.41) is 4.12. The summed E-state index contributed by atoms with van der Waals surface area (Å²) in [6.45, 7) is 7.81. The lowest BCUT2D eigenvalue weighted by atomic mass is 10.1. The first kappa shape index (κ1) is 15.8. The van der Waals surface area contributed by atoms with Crippen LogP contribution in [0.15, 0.2) is 42.7 Å². The first-order valence-electron chi connectivity index (χ1n) is 7.37. The van der Waals surface area contributed by atoms with Crippen LogP contribution in [-0.4, -0.2) is 18.1 Å². The molecule has 3 nitrogen and oxygen atoms in total. The van der Waals surface area contributed by atoms with Gasteiger partial charge < -0.3 is 10.2 Å². The summed E-state index contributed by atoms with van der Waals surface area (Å²) in [6.07, 6.45) is 3.65. The van der Waals surface area contributed by atoms with Crippen molar-refractivity contribution in [2.24, 2.45) is 0 Å². The van der Waals surface area contributed by atoms with Crippen LogP contribution in [-0.2, 0) is 13.1 Å². The number of rotatable bonds is 7. The van der Waals surface area contributed by atoms with Gasteiger partial charge in [0.2, 0.25) is 0 Å². The molecule has 1 aromatic heterocycles. The van der Waals surface area contributed by atoms with Crippen molar-refractivity contribution in [3.05, 3.63) is 58.9 Å². The second-order valence-corrected chi connectivity index (χ2v) is 5.34. The number of nitrogens with zero attached hydrogens (tertiary/aromatic N) is 2. The molecule has 2 rings (SSSR count). The van der Waals surface area contributed by atoms with Crippen molar-refractivity contribution in [3.8, 4) is 0 Å². The zero-order valence-corrected chi connectivity index (χ0v) is 13.4. The standard InChI is InChI=1S/C17H22ClN3/c1-3-19-12-15-5-6-17(16(18)11-15)21(4-2)13-14-7-9-20-10-8-14/h5-11,19H,3-4,12-13H2,1-2H3. The minimum atomic E-state index is 0.807. The monoisotopic (exact) mass is 303 g/mol. The van der Waals surface area contributed by atoms with Crippen molar-refractivity contribution < 1.29 is 0 Å². The molecule has 0 atom stereocenters. The molecule has 0 unspecified atom stereocenters. The molecular weight excluding hydrogens is 282 g/mol. The SMILES string of the molecule is CCNCc1ccc(N(CC)Cc2ccncc2)c(Cl)c1. The maximum Gasteiger partial charge on any atom is 0.0642 e. The van der Waals surface area contributed by atoms with Gasteiger partial charge in [-0.2, -0.15) is 0 Å². The number of hydrogen-bond acceptors (Lipinski definition) is 3. The maximum absolute atomic E-state index is 6.47. The Balaban J connectivity index is 2.14. The van der Waals surface area contributed by atoms with E-state index in [0.29, 0.717) is 0 Å². The van der Waals surface area contributed by atoms with Gasteiger partial charge in [0, 0.05) is 32.0 Å². The second-order valence-electron chi connectivity index (χ2n) is 4.94. The van der Waals surface area contributed by atoms with Crippen LogP contribution in [0.25, 0.3) is 0 Å². The first-order chi connectivity index (χ1) is 10.2. The number of anilines is 1. The number of pyridine rings is 1. The van der Waals surface area contributed by atoms with Crippen LogP contribution in [0.3, 0.4) is 0 Å². The Morgan fingerprint density at radius 2 is 1.86 bits per heavy atom. The van der Waals surface area contributed by atoms with Gasteiger partial charge in [-0.1, -0.05) is 24.6 Å². The van der Waals surface area contributed by atoms with E-state index in [1.165, 1.54) is 11.1 Å². The average molecular weight is 304 g/mol. The van der Waals surface area contributed by atoms with Gasteiger partial charge in [-0.3, -0.25) is 4.98 Å². The van der Waals surface area contributed by atoms with Gasteiger partial charge in [0.05, 0.1) is 10.7 Å². The molecule has 0 aliphatic carbocycles. The normalized spacial score (nSPS) is 10.6. The van der Waals surface area contributed by atoms with Crippen LogP contribution in [0.4, 0.5) is 5.69 Å². The highest BCUT2D eigenvalue weighted by Crippen LogP contribution is 2.28. The van der Waals surface area contributed by atoms with E-state index in [0.717, 1.165) is 36.9 Å². The van der Waals surface area contributed by atoms with Crippen molar-refractivity contribution in [1.82, 2.24) is 10.3 Å². The molecule has 0 aliphatic heterocycles. The van der Waals surface area contributed by atoms with E-state index in [4.69, 9.17) is 11.6 Å². The lowest BCUT2D eigenvalue weighted by Crippen LogP contribution is -2.22. The lowest BCUT2D eigenvalue weighted by molar-refractivity contribution is 0.726. The summed E-state index contributed by atoms with van der Waals surface area (Å²) in [4.78, 5) is 6.33. The minimum absolute atomic E-state index is 0.807. The lowest BCUT2D eigenvalue weighted by Gasteiger charge is -2.24. The molecule has 0 spiro atoms. The van der Waals surface area contributed by atoms with Crippen molar-refractivity contribution in [1.29, 1.82) is 0 Å². The molecule has 112 valence electrons. The third kappa shape index (κ3) is 4.45. The predicted molar refractivity (Wildman–Crippen MR) is 89.8 cm³/mol. The molecule has 0 bridgehead atoms. The van der Waals surface area contributed by atoms with Crippen molar-refractivity contribution in [2.75, 3.05) is 18.0 Å². The fourth-order valence-electron chi connectivity index (χ4n) is 2.26. The van der Waals surface area contributed by atoms with Gasteiger partial charge in [-0.05, 0) is 48.9 Å². The third-order valence-corrected chi connectivity index (χ3v) is 3.74. The van der Waals surface area contributed by atoms with Gasteiger partial charge in [0.1, 0.15) is 0 Å². The van der Waals surface area contributed by atoms with Gasteiger partial charge in [-0.25, -0.2) is 0 Å². The smallest absolute Gasteiger partial charge is 0.0642 e. The molecule has 1 N–H and O–H groups in total. The Bertz CT molecular complexity index is 557.